The number of carboxylic acids is 1. The number of H-pyrrole nitrogens is 1. The molecular formula is C33H32F6N6O5S. The molecule has 0 radical (unpaired) electrons. The number of hydrogen-bond donors (Lipinski definition) is 3. The maximum atomic E-state index is 13.5. The van der Waals surface area contributed by atoms with Crippen molar-refractivity contribution in [1.82, 2.24) is 30.4 Å². The van der Waals surface area contributed by atoms with Crippen molar-refractivity contribution < 1.29 is 45.5 Å². The summed E-state index contributed by atoms with van der Waals surface area (Å²) in [7, 11) is 0. The second kappa shape index (κ2) is 16.1. The first-order chi connectivity index (χ1) is 24.2. The highest BCUT2D eigenvalue weighted by molar-refractivity contribution is 7.99. The summed E-state index contributed by atoms with van der Waals surface area (Å²) < 4.78 is 76.0. The van der Waals surface area contributed by atoms with E-state index in [1.54, 1.807) is 16.7 Å². The Morgan fingerprint density at radius 1 is 1.02 bits per heavy atom. The van der Waals surface area contributed by atoms with Crippen molar-refractivity contribution in [2.24, 2.45) is 0 Å². The molecule has 0 bridgehead atoms. The third-order valence-corrected chi connectivity index (χ3v) is 9.42. The second-order valence-corrected chi connectivity index (χ2v) is 13.1. The number of hydrogen-bond acceptors (Lipinski definition) is 9. The van der Waals surface area contributed by atoms with E-state index in [1.807, 2.05) is 30.3 Å². The number of thioether (sulfide) groups is 1. The number of nitrogens with zero attached hydrogens (tertiary/aromatic N) is 4. The minimum absolute atomic E-state index is 0.0992. The van der Waals surface area contributed by atoms with E-state index in [1.165, 1.54) is 18.6 Å². The molecule has 1 amide bonds. The second-order valence-electron chi connectivity index (χ2n) is 11.8. The summed E-state index contributed by atoms with van der Waals surface area (Å²) in [4.78, 5) is 44.6. The first-order valence-electron chi connectivity index (χ1n) is 15.8. The van der Waals surface area contributed by atoms with Crippen LogP contribution in [0.2, 0.25) is 0 Å². The number of halogens is 6. The highest BCUT2D eigenvalue weighted by atomic mass is 32.2. The zero-order valence-corrected chi connectivity index (χ0v) is 27.6. The maximum absolute atomic E-state index is 13.5. The van der Waals surface area contributed by atoms with Gasteiger partial charge in [-0.3, -0.25) is 9.59 Å². The van der Waals surface area contributed by atoms with Crippen LogP contribution in [0, 0.1) is 0 Å². The van der Waals surface area contributed by atoms with E-state index in [4.69, 9.17) is 19.3 Å². The topological polar surface area (TPSA) is 154 Å². The highest BCUT2D eigenvalue weighted by Crippen LogP contribution is 2.35. The summed E-state index contributed by atoms with van der Waals surface area (Å²) >= 11 is 1.63. The average molecular weight is 739 g/mol. The van der Waals surface area contributed by atoms with Gasteiger partial charge in [0.1, 0.15) is 0 Å². The number of aromatic nitrogens is 4. The number of fused-ring (bicyclic) bond motifs is 1. The summed E-state index contributed by atoms with van der Waals surface area (Å²) in [6.07, 6.45) is -5.13. The Hall–Kier alpha value is -4.71. The molecule has 1 aliphatic heterocycles. The summed E-state index contributed by atoms with van der Waals surface area (Å²) in [6, 6.07) is 14.0. The Bertz CT molecular complexity index is 1860. The van der Waals surface area contributed by atoms with Gasteiger partial charge in [0.2, 0.25) is 17.7 Å². The summed E-state index contributed by atoms with van der Waals surface area (Å²) in [5.74, 6) is -2.29. The van der Waals surface area contributed by atoms with Gasteiger partial charge < -0.3 is 24.7 Å². The fraction of sp³-hybridized carbons (Fsp3) is 0.394. The average Bonchev–Trinajstić information content (AvgIpc) is 3.51. The normalized spacial score (nSPS) is 15.3. The summed E-state index contributed by atoms with van der Waals surface area (Å²) in [6.45, 7) is 0.873. The number of rotatable bonds is 10. The van der Waals surface area contributed by atoms with E-state index in [0.29, 0.717) is 40.4 Å². The van der Waals surface area contributed by atoms with Crippen molar-refractivity contribution in [3.8, 4) is 0 Å². The predicted molar refractivity (Wildman–Crippen MR) is 170 cm³/mol. The highest BCUT2D eigenvalue weighted by Gasteiger charge is 2.38. The van der Waals surface area contributed by atoms with E-state index in [9.17, 15) is 35.9 Å². The lowest BCUT2D eigenvalue weighted by atomic mass is 10.0. The van der Waals surface area contributed by atoms with Crippen LogP contribution in [0.4, 0.5) is 26.3 Å². The van der Waals surface area contributed by atoms with Crippen molar-refractivity contribution in [3.05, 3.63) is 105 Å². The Labute approximate surface area is 290 Å². The quantitative estimate of drug-likeness (QED) is 0.134. The van der Waals surface area contributed by atoms with Gasteiger partial charge in [-0.25, -0.2) is 9.78 Å². The number of aliphatic carboxylic acids is 1. The predicted octanol–water partition coefficient (Wildman–Crippen LogP) is 5.85. The molecule has 2 aliphatic rings. The minimum atomic E-state index is -5.08. The molecule has 3 N–H and O–H groups in total. The van der Waals surface area contributed by atoms with Crippen molar-refractivity contribution in [1.29, 1.82) is 0 Å². The number of alkyl halides is 6. The fourth-order valence-electron chi connectivity index (χ4n) is 5.24. The molecule has 2 aromatic heterocycles. The van der Waals surface area contributed by atoms with Gasteiger partial charge in [-0.05, 0) is 36.1 Å². The van der Waals surface area contributed by atoms with Crippen LogP contribution in [0.3, 0.4) is 0 Å². The molecule has 1 fully saturated rings. The van der Waals surface area contributed by atoms with Crippen LogP contribution in [0.1, 0.15) is 71.5 Å². The molecule has 1 aliphatic carbocycles. The van der Waals surface area contributed by atoms with Gasteiger partial charge in [0, 0.05) is 30.7 Å². The molecule has 1 saturated carbocycles. The molecule has 3 heterocycles. The van der Waals surface area contributed by atoms with Crippen molar-refractivity contribution >= 4 is 23.6 Å². The molecule has 4 aromatic rings. The lowest BCUT2D eigenvalue weighted by Gasteiger charge is -2.30. The van der Waals surface area contributed by atoms with Gasteiger partial charge in [0.25, 0.3) is 5.56 Å². The third kappa shape index (κ3) is 10.4. The number of nitrogens with one attached hydrogen (secondary N) is 2. The molecular weight excluding hydrogens is 706 g/mol. The summed E-state index contributed by atoms with van der Waals surface area (Å²) in [5.41, 5.74) is 1.91. The van der Waals surface area contributed by atoms with Crippen molar-refractivity contribution in [3.63, 3.8) is 0 Å². The third-order valence-electron chi connectivity index (χ3n) is 8.20. The van der Waals surface area contributed by atoms with Crippen LogP contribution in [-0.2, 0) is 41.7 Å². The monoisotopic (exact) mass is 738 g/mol. The molecule has 18 heteroatoms. The Morgan fingerprint density at radius 2 is 1.69 bits per heavy atom. The lowest BCUT2D eigenvalue weighted by Crippen LogP contribution is -2.41. The Balaban J connectivity index is 0.000000654. The van der Waals surface area contributed by atoms with Gasteiger partial charge >= 0.3 is 18.3 Å². The molecule has 2 aromatic carbocycles. The number of amides is 1. The first kappa shape index (κ1) is 37.5. The number of carboxylic acid groups (broad SMARTS) is 1. The molecule has 0 saturated heterocycles. The molecule has 51 heavy (non-hydrogen) atoms. The Kier molecular flexibility index (Phi) is 11.8. The van der Waals surface area contributed by atoms with Gasteiger partial charge in [-0.1, -0.05) is 60.6 Å². The zero-order chi connectivity index (χ0) is 36.8. The SMILES string of the molecule is O=C(CC(NCc1nnc(Cc2ccc(C(F)(F)F)cc2)o1)c1ccccc1)N1CCc2nc(SC3CCC3)[nH]c(=O)c2C1.O=C(O)C(F)(F)F. The van der Waals surface area contributed by atoms with E-state index in [-0.39, 0.29) is 49.3 Å². The van der Waals surface area contributed by atoms with Gasteiger partial charge in [-0.2, -0.15) is 26.3 Å². The molecule has 6 rings (SSSR count). The molecule has 1 atom stereocenters. The molecule has 1 unspecified atom stereocenters. The number of carbonyl (C=O) groups is 2. The van der Waals surface area contributed by atoms with Crippen LogP contribution in [0.25, 0.3) is 0 Å². The largest absolute Gasteiger partial charge is 0.490 e. The van der Waals surface area contributed by atoms with Crippen molar-refractivity contribution in [2.75, 3.05) is 6.54 Å². The van der Waals surface area contributed by atoms with Gasteiger partial charge in [0.05, 0.1) is 36.3 Å². The van der Waals surface area contributed by atoms with Gasteiger partial charge in [-0.15, -0.1) is 10.2 Å². The molecule has 11 nitrogen and oxygen atoms in total. The minimum Gasteiger partial charge on any atom is -0.475 e. The zero-order valence-electron chi connectivity index (χ0n) is 26.8. The standard InChI is InChI=1S/C31H31F3N6O3S.C2HF3O2/c32-31(33,34)21-11-9-19(10-12-21)15-26-38-39-27(43-26)17-35-25(20-5-2-1-3-6-20)16-28(41)40-14-13-24-23(18-40)29(42)37-30(36-24)44-22-7-4-8-22;3-2(4,5)1(6)7/h1-3,5-6,9-12,22,25,35H,4,7-8,13-18H2,(H,36,37,42);(H,6,7). The van der Waals surface area contributed by atoms with E-state index < -0.39 is 23.9 Å². The van der Waals surface area contributed by atoms with Crippen LogP contribution in [-0.4, -0.2) is 60.0 Å². The van der Waals surface area contributed by atoms with E-state index >= 15 is 0 Å². The smallest absolute Gasteiger partial charge is 0.475 e. The van der Waals surface area contributed by atoms with E-state index in [2.05, 4.69) is 20.5 Å². The van der Waals surface area contributed by atoms with Crippen LogP contribution < -0.4 is 10.9 Å². The number of carbonyl (C=O) groups excluding carboxylic acids is 1. The Morgan fingerprint density at radius 3 is 2.29 bits per heavy atom. The lowest BCUT2D eigenvalue weighted by molar-refractivity contribution is -0.192. The fourth-order valence-corrected chi connectivity index (χ4v) is 6.44. The molecule has 272 valence electrons. The molecule has 0 spiro atoms. The number of aromatic amines is 1. The first-order valence-corrected chi connectivity index (χ1v) is 16.7. The van der Waals surface area contributed by atoms with Crippen molar-refractivity contribution in [2.45, 2.75) is 80.4 Å². The number of benzene rings is 2. The van der Waals surface area contributed by atoms with Crippen LogP contribution in [0.5, 0.6) is 0 Å². The van der Waals surface area contributed by atoms with E-state index in [0.717, 1.165) is 36.2 Å². The van der Waals surface area contributed by atoms with Crippen LogP contribution in [0.15, 0.2) is 69.0 Å². The van der Waals surface area contributed by atoms with Crippen LogP contribution >= 0.6 is 11.8 Å². The van der Waals surface area contributed by atoms with Gasteiger partial charge in [0.15, 0.2) is 5.16 Å². The summed E-state index contributed by atoms with van der Waals surface area (Å²) in [5, 5.41) is 19.7. The maximum Gasteiger partial charge on any atom is 0.490 e.